The van der Waals surface area contributed by atoms with Gasteiger partial charge in [0.25, 0.3) is 11.8 Å². The summed E-state index contributed by atoms with van der Waals surface area (Å²) in [5.41, 5.74) is 8.57. The number of aromatic nitrogens is 2. The summed E-state index contributed by atoms with van der Waals surface area (Å²) in [6.45, 7) is 0. The van der Waals surface area contributed by atoms with Crippen LogP contribution in [-0.2, 0) is 19.9 Å². The molecule has 3 N–H and O–H groups in total. The molecular formula is C15H16N4O2. The fourth-order valence-corrected chi connectivity index (χ4v) is 2.78. The van der Waals surface area contributed by atoms with Crippen LogP contribution < -0.4 is 11.1 Å². The maximum atomic E-state index is 12.4. The minimum atomic E-state index is -0.572. The highest BCUT2D eigenvalue weighted by Gasteiger charge is 2.25. The third kappa shape index (κ3) is 2.29. The average molecular weight is 284 g/mol. The van der Waals surface area contributed by atoms with Gasteiger partial charge in [0, 0.05) is 18.3 Å². The fraction of sp³-hybridized carbons (Fsp3) is 0.267. The summed E-state index contributed by atoms with van der Waals surface area (Å²) in [6, 6.07) is 6.68. The molecule has 0 aliphatic heterocycles. The molecule has 0 bridgehead atoms. The van der Waals surface area contributed by atoms with E-state index in [0.29, 0.717) is 16.9 Å². The summed E-state index contributed by atoms with van der Waals surface area (Å²) in [4.78, 5) is 23.8. The molecule has 0 saturated heterocycles. The van der Waals surface area contributed by atoms with E-state index in [0.717, 1.165) is 30.5 Å². The second-order valence-electron chi connectivity index (χ2n) is 5.11. The molecule has 6 nitrogen and oxygen atoms in total. The largest absolute Gasteiger partial charge is 0.366 e. The molecule has 2 amide bonds. The molecule has 1 heterocycles. The Balaban J connectivity index is 1.91. The minimum Gasteiger partial charge on any atom is -0.366 e. The van der Waals surface area contributed by atoms with Crippen molar-refractivity contribution in [2.45, 2.75) is 19.3 Å². The number of primary amides is 1. The number of nitrogens with two attached hydrogens (primary N) is 1. The molecule has 0 radical (unpaired) electrons. The van der Waals surface area contributed by atoms with Gasteiger partial charge in [-0.25, -0.2) is 0 Å². The number of carbonyl (C=O) groups is 2. The van der Waals surface area contributed by atoms with Gasteiger partial charge >= 0.3 is 0 Å². The van der Waals surface area contributed by atoms with Crippen molar-refractivity contribution in [3.05, 3.63) is 46.8 Å². The van der Waals surface area contributed by atoms with Crippen molar-refractivity contribution < 1.29 is 9.59 Å². The summed E-state index contributed by atoms with van der Waals surface area (Å²) < 4.78 is 1.76. The summed E-state index contributed by atoms with van der Waals surface area (Å²) in [7, 11) is 1.85. The first-order valence-corrected chi connectivity index (χ1v) is 6.83. The smallest absolute Gasteiger partial charge is 0.276 e. The Morgan fingerprint density at radius 3 is 2.81 bits per heavy atom. The lowest BCUT2D eigenvalue weighted by molar-refractivity contribution is 0.100. The first-order chi connectivity index (χ1) is 10.1. The number of nitrogens with one attached hydrogen (secondary N) is 1. The molecule has 3 rings (SSSR count). The third-order valence-electron chi connectivity index (χ3n) is 3.77. The van der Waals surface area contributed by atoms with Crippen molar-refractivity contribution in [2.24, 2.45) is 12.8 Å². The number of benzene rings is 1. The first-order valence-electron chi connectivity index (χ1n) is 6.83. The van der Waals surface area contributed by atoms with Gasteiger partial charge in [0.1, 0.15) is 0 Å². The topological polar surface area (TPSA) is 90.0 Å². The molecule has 0 unspecified atom stereocenters. The number of hydrogen-bond donors (Lipinski definition) is 2. The van der Waals surface area contributed by atoms with Crippen LogP contribution in [0.1, 0.15) is 38.5 Å². The zero-order chi connectivity index (χ0) is 15.0. The predicted molar refractivity (Wildman–Crippen MR) is 78.1 cm³/mol. The van der Waals surface area contributed by atoms with Gasteiger partial charge in [-0.2, -0.15) is 5.10 Å². The lowest BCUT2D eigenvalue weighted by atomic mass is 10.1. The van der Waals surface area contributed by atoms with Crippen molar-refractivity contribution in [3.8, 4) is 0 Å². The first kappa shape index (κ1) is 13.4. The van der Waals surface area contributed by atoms with Gasteiger partial charge in [0.2, 0.25) is 0 Å². The second kappa shape index (κ2) is 5.05. The normalized spacial score (nSPS) is 13.0. The van der Waals surface area contributed by atoms with Gasteiger partial charge < -0.3 is 11.1 Å². The Morgan fingerprint density at radius 2 is 2.05 bits per heavy atom. The molecule has 2 aromatic rings. The highest BCUT2D eigenvalue weighted by atomic mass is 16.2. The Kier molecular flexibility index (Phi) is 3.21. The number of amides is 2. The Hall–Kier alpha value is -2.63. The van der Waals surface area contributed by atoms with E-state index in [4.69, 9.17) is 5.73 Å². The zero-order valence-electron chi connectivity index (χ0n) is 11.7. The van der Waals surface area contributed by atoms with Crippen LogP contribution in [0.3, 0.4) is 0 Å². The number of anilines is 1. The van der Waals surface area contributed by atoms with E-state index in [9.17, 15) is 9.59 Å². The van der Waals surface area contributed by atoms with Gasteiger partial charge in [-0.05, 0) is 31.4 Å². The van der Waals surface area contributed by atoms with E-state index >= 15 is 0 Å². The van der Waals surface area contributed by atoms with Crippen molar-refractivity contribution in [1.82, 2.24) is 9.78 Å². The Labute approximate surface area is 121 Å². The highest BCUT2D eigenvalue weighted by Crippen LogP contribution is 2.25. The predicted octanol–water partition coefficient (Wildman–Crippen LogP) is 1.26. The van der Waals surface area contributed by atoms with E-state index in [1.807, 2.05) is 7.05 Å². The monoisotopic (exact) mass is 284 g/mol. The summed E-state index contributed by atoms with van der Waals surface area (Å²) in [5.74, 6) is -0.875. The van der Waals surface area contributed by atoms with Crippen molar-refractivity contribution in [1.29, 1.82) is 0 Å². The van der Waals surface area contributed by atoms with E-state index in [1.165, 1.54) is 0 Å². The van der Waals surface area contributed by atoms with Crippen LogP contribution in [-0.4, -0.2) is 21.6 Å². The summed E-state index contributed by atoms with van der Waals surface area (Å²) >= 11 is 0. The number of rotatable bonds is 3. The highest BCUT2D eigenvalue weighted by molar-refractivity contribution is 6.08. The molecule has 0 saturated carbocycles. The fourth-order valence-electron chi connectivity index (χ4n) is 2.78. The van der Waals surface area contributed by atoms with Crippen molar-refractivity contribution >= 4 is 17.5 Å². The lowest BCUT2D eigenvalue weighted by Crippen LogP contribution is -2.19. The van der Waals surface area contributed by atoms with Gasteiger partial charge in [0.15, 0.2) is 5.69 Å². The Bertz CT molecular complexity index is 733. The van der Waals surface area contributed by atoms with Gasteiger partial charge in [0.05, 0.1) is 11.3 Å². The van der Waals surface area contributed by atoms with Gasteiger partial charge in [-0.1, -0.05) is 12.1 Å². The number of carbonyl (C=O) groups excluding carboxylic acids is 2. The summed E-state index contributed by atoms with van der Waals surface area (Å²) in [5, 5.41) is 7.03. The zero-order valence-corrected chi connectivity index (χ0v) is 11.7. The maximum Gasteiger partial charge on any atom is 0.276 e. The van der Waals surface area contributed by atoms with E-state index in [2.05, 4.69) is 10.4 Å². The van der Waals surface area contributed by atoms with Crippen LogP contribution in [0, 0.1) is 0 Å². The molecule has 1 aromatic heterocycles. The van der Waals surface area contributed by atoms with E-state index in [1.54, 1.807) is 28.9 Å². The standard InChI is InChI=1S/C15H16N4O2/c1-19-12-8-4-6-10(12)13(18-19)15(21)17-11-7-3-2-5-9(11)14(16)20/h2-3,5,7H,4,6,8H2,1H3,(H2,16,20)(H,17,21). The van der Waals surface area contributed by atoms with Crippen LogP contribution in [0.5, 0.6) is 0 Å². The van der Waals surface area contributed by atoms with Crippen LogP contribution in [0.2, 0.25) is 0 Å². The van der Waals surface area contributed by atoms with E-state index < -0.39 is 5.91 Å². The molecule has 0 fully saturated rings. The average Bonchev–Trinajstić information content (AvgIpc) is 3.03. The van der Waals surface area contributed by atoms with Crippen LogP contribution in [0.25, 0.3) is 0 Å². The molecule has 1 aliphatic carbocycles. The number of nitrogens with zero attached hydrogens (tertiary/aromatic N) is 2. The lowest BCUT2D eigenvalue weighted by Gasteiger charge is -2.08. The molecule has 1 aromatic carbocycles. The third-order valence-corrected chi connectivity index (χ3v) is 3.77. The number of fused-ring (bicyclic) bond motifs is 1. The van der Waals surface area contributed by atoms with Gasteiger partial charge in [-0.15, -0.1) is 0 Å². The quantitative estimate of drug-likeness (QED) is 0.889. The molecule has 1 aliphatic rings. The van der Waals surface area contributed by atoms with E-state index in [-0.39, 0.29) is 5.91 Å². The molecule has 6 heteroatoms. The molecular weight excluding hydrogens is 268 g/mol. The van der Waals surface area contributed by atoms with Gasteiger partial charge in [-0.3, -0.25) is 14.3 Å². The molecule has 108 valence electrons. The molecule has 21 heavy (non-hydrogen) atoms. The maximum absolute atomic E-state index is 12.4. The van der Waals surface area contributed by atoms with Crippen LogP contribution in [0.15, 0.2) is 24.3 Å². The number of para-hydroxylation sites is 1. The second-order valence-corrected chi connectivity index (χ2v) is 5.11. The van der Waals surface area contributed by atoms with Crippen LogP contribution in [0.4, 0.5) is 5.69 Å². The number of hydrogen-bond acceptors (Lipinski definition) is 3. The molecule has 0 spiro atoms. The van der Waals surface area contributed by atoms with Crippen molar-refractivity contribution in [2.75, 3.05) is 5.32 Å². The van der Waals surface area contributed by atoms with Crippen molar-refractivity contribution in [3.63, 3.8) is 0 Å². The Morgan fingerprint density at radius 1 is 1.29 bits per heavy atom. The van der Waals surface area contributed by atoms with Crippen LogP contribution >= 0.6 is 0 Å². The molecule has 0 atom stereocenters. The minimum absolute atomic E-state index is 0.290. The number of aryl methyl sites for hydroxylation is 1. The SMILES string of the molecule is Cn1nc(C(=O)Nc2ccccc2C(N)=O)c2c1CCC2. The summed E-state index contributed by atoms with van der Waals surface area (Å²) in [6.07, 6.45) is 2.85.